The highest BCUT2D eigenvalue weighted by molar-refractivity contribution is 5.96. The van der Waals surface area contributed by atoms with Crippen molar-refractivity contribution in [1.29, 1.82) is 0 Å². The normalized spacial score (nSPS) is 10.1. The summed E-state index contributed by atoms with van der Waals surface area (Å²) in [5.74, 6) is -0.911. The van der Waals surface area contributed by atoms with E-state index in [-0.39, 0.29) is 30.9 Å². The molecule has 0 aliphatic carbocycles. The number of benzene rings is 2. The SMILES string of the molecule is CCOC(=O)c1cc(C(=O)OCCOc2ccc(C)cc2)cc([N+](=O)[O-])c1. The molecule has 0 fully saturated rings. The average molecular weight is 373 g/mol. The number of hydrogen-bond donors (Lipinski definition) is 0. The highest BCUT2D eigenvalue weighted by Gasteiger charge is 2.19. The molecule has 27 heavy (non-hydrogen) atoms. The van der Waals surface area contributed by atoms with Crippen molar-refractivity contribution in [1.82, 2.24) is 0 Å². The summed E-state index contributed by atoms with van der Waals surface area (Å²) in [6.07, 6.45) is 0. The highest BCUT2D eigenvalue weighted by Crippen LogP contribution is 2.19. The van der Waals surface area contributed by atoms with Crippen molar-refractivity contribution in [2.75, 3.05) is 19.8 Å². The number of carbonyl (C=O) groups is 2. The van der Waals surface area contributed by atoms with Gasteiger partial charge in [0.15, 0.2) is 0 Å². The van der Waals surface area contributed by atoms with Gasteiger partial charge >= 0.3 is 11.9 Å². The minimum atomic E-state index is -0.795. The lowest BCUT2D eigenvalue weighted by atomic mass is 10.1. The van der Waals surface area contributed by atoms with E-state index < -0.39 is 22.5 Å². The average Bonchev–Trinajstić information content (AvgIpc) is 2.66. The third-order valence-corrected chi connectivity index (χ3v) is 3.48. The molecule has 8 heteroatoms. The second-order valence-electron chi connectivity index (χ2n) is 5.54. The zero-order chi connectivity index (χ0) is 19.8. The lowest BCUT2D eigenvalue weighted by molar-refractivity contribution is -0.384. The summed E-state index contributed by atoms with van der Waals surface area (Å²) in [5.41, 5.74) is 0.497. The van der Waals surface area contributed by atoms with Gasteiger partial charge in [0.05, 0.1) is 22.7 Å². The second-order valence-corrected chi connectivity index (χ2v) is 5.54. The Kier molecular flexibility index (Phi) is 6.87. The fourth-order valence-corrected chi connectivity index (χ4v) is 2.18. The monoisotopic (exact) mass is 373 g/mol. The first kappa shape index (κ1) is 19.9. The van der Waals surface area contributed by atoms with Gasteiger partial charge in [-0.3, -0.25) is 10.1 Å². The first-order valence-electron chi connectivity index (χ1n) is 8.24. The highest BCUT2D eigenvalue weighted by atomic mass is 16.6. The van der Waals surface area contributed by atoms with Crippen molar-refractivity contribution >= 4 is 17.6 Å². The lowest BCUT2D eigenvalue weighted by Gasteiger charge is -2.08. The Hall–Kier alpha value is -3.42. The number of nitro benzene ring substituents is 1. The molecule has 8 nitrogen and oxygen atoms in total. The van der Waals surface area contributed by atoms with Gasteiger partial charge in [0.1, 0.15) is 19.0 Å². The van der Waals surface area contributed by atoms with Gasteiger partial charge in [-0.2, -0.15) is 0 Å². The number of esters is 2. The molecule has 2 aromatic carbocycles. The van der Waals surface area contributed by atoms with Crippen molar-refractivity contribution < 1.29 is 28.7 Å². The van der Waals surface area contributed by atoms with Gasteiger partial charge in [-0.15, -0.1) is 0 Å². The maximum Gasteiger partial charge on any atom is 0.338 e. The molecular weight excluding hydrogens is 354 g/mol. The van der Waals surface area contributed by atoms with Crippen LogP contribution in [0, 0.1) is 17.0 Å². The molecule has 0 radical (unpaired) electrons. The van der Waals surface area contributed by atoms with E-state index in [4.69, 9.17) is 14.2 Å². The van der Waals surface area contributed by atoms with E-state index in [0.717, 1.165) is 17.7 Å². The number of rotatable bonds is 8. The number of ether oxygens (including phenoxy) is 3. The van der Waals surface area contributed by atoms with Crippen molar-refractivity contribution in [3.63, 3.8) is 0 Å². The Labute approximate surface area is 155 Å². The fraction of sp³-hybridized carbons (Fsp3) is 0.263. The number of nitro groups is 1. The van der Waals surface area contributed by atoms with Crippen molar-refractivity contribution in [3.8, 4) is 5.75 Å². The van der Waals surface area contributed by atoms with Gasteiger partial charge in [0.2, 0.25) is 0 Å². The summed E-state index contributed by atoms with van der Waals surface area (Å²) in [6, 6.07) is 10.7. The molecule has 0 aliphatic rings. The predicted octanol–water partition coefficient (Wildman–Crippen LogP) is 3.32. The van der Waals surface area contributed by atoms with E-state index in [1.807, 2.05) is 19.1 Å². The molecule has 0 saturated carbocycles. The number of hydrogen-bond acceptors (Lipinski definition) is 7. The van der Waals surface area contributed by atoms with Crippen LogP contribution in [0.5, 0.6) is 5.75 Å². The first-order valence-corrected chi connectivity index (χ1v) is 8.24. The van der Waals surface area contributed by atoms with Gasteiger partial charge in [-0.25, -0.2) is 9.59 Å². The summed E-state index contributed by atoms with van der Waals surface area (Å²) in [6.45, 7) is 3.74. The molecule has 0 spiro atoms. The van der Waals surface area contributed by atoms with Gasteiger partial charge < -0.3 is 14.2 Å². The number of carbonyl (C=O) groups excluding carboxylic acids is 2. The Bertz CT molecular complexity index is 830. The molecule has 0 aliphatic heterocycles. The van der Waals surface area contributed by atoms with Crippen molar-refractivity contribution in [3.05, 3.63) is 69.3 Å². The van der Waals surface area contributed by atoms with Crippen LogP contribution in [0.3, 0.4) is 0 Å². The standard InChI is InChI=1S/C19H19NO7/c1-3-25-18(21)14-10-15(12-16(11-14)20(23)24)19(22)27-9-8-26-17-6-4-13(2)5-7-17/h4-7,10-12H,3,8-9H2,1-2H3. The molecule has 0 saturated heterocycles. The summed E-state index contributed by atoms with van der Waals surface area (Å²) in [4.78, 5) is 34.3. The molecule has 0 aromatic heterocycles. The zero-order valence-corrected chi connectivity index (χ0v) is 15.0. The number of nitrogens with zero attached hydrogens (tertiary/aromatic N) is 1. The molecule has 0 atom stereocenters. The van der Waals surface area contributed by atoms with Crippen molar-refractivity contribution in [2.24, 2.45) is 0 Å². The molecular formula is C19H19NO7. The first-order chi connectivity index (χ1) is 12.9. The summed E-state index contributed by atoms with van der Waals surface area (Å²) in [5, 5.41) is 11.0. The van der Waals surface area contributed by atoms with E-state index in [1.165, 1.54) is 6.07 Å². The van der Waals surface area contributed by atoms with Gasteiger partial charge in [-0.05, 0) is 32.0 Å². The predicted molar refractivity (Wildman–Crippen MR) is 96.0 cm³/mol. The number of non-ortho nitro benzene ring substituents is 1. The fourth-order valence-electron chi connectivity index (χ4n) is 2.18. The summed E-state index contributed by atoms with van der Waals surface area (Å²) < 4.78 is 15.3. The molecule has 2 aromatic rings. The van der Waals surface area contributed by atoms with Crippen molar-refractivity contribution in [2.45, 2.75) is 13.8 Å². The maximum atomic E-state index is 12.2. The van der Waals surface area contributed by atoms with Crippen LogP contribution in [0.4, 0.5) is 5.69 Å². The van der Waals surface area contributed by atoms with E-state index in [0.29, 0.717) is 5.75 Å². The largest absolute Gasteiger partial charge is 0.490 e. The van der Waals surface area contributed by atoms with E-state index in [1.54, 1.807) is 19.1 Å². The lowest BCUT2D eigenvalue weighted by Crippen LogP contribution is -2.14. The molecule has 0 amide bonds. The second kappa shape index (κ2) is 9.33. The quantitative estimate of drug-likeness (QED) is 0.302. The smallest absolute Gasteiger partial charge is 0.338 e. The van der Waals surface area contributed by atoms with Crippen LogP contribution < -0.4 is 4.74 Å². The van der Waals surface area contributed by atoms with Crippen LogP contribution in [0.2, 0.25) is 0 Å². The van der Waals surface area contributed by atoms with Crippen LogP contribution in [-0.4, -0.2) is 36.7 Å². The van der Waals surface area contributed by atoms with Gasteiger partial charge in [-0.1, -0.05) is 17.7 Å². The Morgan fingerprint density at radius 1 is 0.963 bits per heavy atom. The van der Waals surface area contributed by atoms with Crippen LogP contribution >= 0.6 is 0 Å². The van der Waals surface area contributed by atoms with Gasteiger partial charge in [0, 0.05) is 12.1 Å². The van der Waals surface area contributed by atoms with Crippen LogP contribution in [0.25, 0.3) is 0 Å². The third kappa shape index (κ3) is 5.81. The Morgan fingerprint density at radius 2 is 1.56 bits per heavy atom. The minimum Gasteiger partial charge on any atom is -0.490 e. The summed E-state index contributed by atoms with van der Waals surface area (Å²) in [7, 11) is 0. The zero-order valence-electron chi connectivity index (χ0n) is 15.0. The van der Waals surface area contributed by atoms with Crippen LogP contribution in [0.15, 0.2) is 42.5 Å². The molecule has 0 bridgehead atoms. The van der Waals surface area contributed by atoms with E-state index >= 15 is 0 Å². The van der Waals surface area contributed by atoms with Gasteiger partial charge in [0.25, 0.3) is 5.69 Å². The minimum absolute atomic E-state index is 0.0514. The Morgan fingerprint density at radius 3 is 2.11 bits per heavy atom. The molecule has 0 unspecified atom stereocenters. The van der Waals surface area contributed by atoms with E-state index in [2.05, 4.69) is 0 Å². The third-order valence-electron chi connectivity index (χ3n) is 3.48. The molecule has 142 valence electrons. The van der Waals surface area contributed by atoms with Crippen LogP contribution in [-0.2, 0) is 9.47 Å². The molecule has 2 rings (SSSR count). The maximum absolute atomic E-state index is 12.2. The summed E-state index contributed by atoms with van der Waals surface area (Å²) >= 11 is 0. The number of aryl methyl sites for hydroxylation is 1. The molecule has 0 heterocycles. The molecule has 0 N–H and O–H groups in total. The Balaban J connectivity index is 2.00. The topological polar surface area (TPSA) is 105 Å². The van der Waals surface area contributed by atoms with E-state index in [9.17, 15) is 19.7 Å². The van der Waals surface area contributed by atoms with Crippen LogP contribution in [0.1, 0.15) is 33.2 Å².